The fourth-order valence-corrected chi connectivity index (χ4v) is 2.09. The smallest absolute Gasteiger partial charge is 0.142 e. The lowest BCUT2D eigenvalue weighted by molar-refractivity contribution is 0.202. The van der Waals surface area contributed by atoms with Crippen LogP contribution in [0, 0.1) is 0 Å². The number of hydrogen-bond acceptors (Lipinski definition) is 3. The fraction of sp³-hybridized carbons (Fsp3) is 0.571. The molecule has 1 saturated carbocycles. The van der Waals surface area contributed by atoms with Crippen molar-refractivity contribution < 1.29 is 4.74 Å². The molecule has 0 aromatic heterocycles. The second-order valence-electron chi connectivity index (χ2n) is 4.65. The van der Waals surface area contributed by atoms with Crippen LogP contribution in [0.5, 0.6) is 5.75 Å². The molecule has 0 bridgehead atoms. The Morgan fingerprint density at radius 2 is 2.06 bits per heavy atom. The zero-order valence-corrected chi connectivity index (χ0v) is 10.6. The van der Waals surface area contributed by atoms with Crippen molar-refractivity contribution in [3.8, 4) is 5.75 Å². The van der Waals surface area contributed by atoms with E-state index in [-0.39, 0.29) is 0 Å². The predicted octanol–water partition coefficient (Wildman–Crippen LogP) is 2.52. The molecule has 94 valence electrons. The number of hydrogen-bond donors (Lipinski definition) is 1. The summed E-state index contributed by atoms with van der Waals surface area (Å²) in [7, 11) is 0. The van der Waals surface area contributed by atoms with Crippen molar-refractivity contribution >= 4 is 5.69 Å². The number of anilines is 1. The Labute approximate surface area is 104 Å². The first-order valence-electron chi connectivity index (χ1n) is 6.52. The molecule has 1 aromatic carbocycles. The molecule has 2 N–H and O–H groups in total. The molecule has 1 aliphatic carbocycles. The third-order valence-electron chi connectivity index (χ3n) is 3.13. The van der Waals surface area contributed by atoms with Gasteiger partial charge in [0.1, 0.15) is 12.4 Å². The molecule has 0 aliphatic heterocycles. The van der Waals surface area contributed by atoms with Gasteiger partial charge in [0.15, 0.2) is 0 Å². The molecule has 0 heterocycles. The van der Waals surface area contributed by atoms with Crippen molar-refractivity contribution in [3.63, 3.8) is 0 Å². The van der Waals surface area contributed by atoms with Crippen LogP contribution in [-0.4, -0.2) is 30.6 Å². The van der Waals surface area contributed by atoms with Crippen LogP contribution >= 0.6 is 0 Å². The molecule has 3 nitrogen and oxygen atoms in total. The summed E-state index contributed by atoms with van der Waals surface area (Å²) in [6.07, 6.45) is 3.92. The van der Waals surface area contributed by atoms with Crippen LogP contribution in [0.1, 0.15) is 26.2 Å². The Morgan fingerprint density at radius 1 is 1.29 bits per heavy atom. The molecule has 1 aliphatic rings. The minimum absolute atomic E-state index is 0.723. The zero-order valence-electron chi connectivity index (χ0n) is 10.6. The van der Waals surface area contributed by atoms with Crippen molar-refractivity contribution in [1.82, 2.24) is 4.90 Å². The Bertz CT molecular complexity index is 350. The van der Waals surface area contributed by atoms with Crippen molar-refractivity contribution in [1.29, 1.82) is 0 Å². The van der Waals surface area contributed by atoms with E-state index in [9.17, 15) is 0 Å². The standard InChI is InChI=1S/C14H22N2O/c1-2-9-16(12-7-8-12)10-11-17-14-6-4-3-5-13(14)15/h3-6,12H,2,7-11,15H2,1H3. The third kappa shape index (κ3) is 3.63. The van der Waals surface area contributed by atoms with Crippen LogP contribution in [0.25, 0.3) is 0 Å². The minimum atomic E-state index is 0.723. The summed E-state index contributed by atoms with van der Waals surface area (Å²) in [5.74, 6) is 0.805. The Morgan fingerprint density at radius 3 is 2.71 bits per heavy atom. The molecule has 0 spiro atoms. The van der Waals surface area contributed by atoms with Gasteiger partial charge in [-0.05, 0) is 37.9 Å². The van der Waals surface area contributed by atoms with Gasteiger partial charge in [-0.2, -0.15) is 0 Å². The average Bonchev–Trinajstić information content (AvgIpc) is 3.14. The van der Waals surface area contributed by atoms with Crippen LogP contribution in [-0.2, 0) is 0 Å². The summed E-state index contributed by atoms with van der Waals surface area (Å²) < 4.78 is 5.72. The predicted molar refractivity (Wildman–Crippen MR) is 71.2 cm³/mol. The van der Waals surface area contributed by atoms with E-state index >= 15 is 0 Å². The lowest BCUT2D eigenvalue weighted by Crippen LogP contribution is -2.31. The van der Waals surface area contributed by atoms with Crippen molar-refractivity contribution in [2.75, 3.05) is 25.4 Å². The van der Waals surface area contributed by atoms with Gasteiger partial charge in [0, 0.05) is 12.6 Å². The maximum atomic E-state index is 5.83. The van der Waals surface area contributed by atoms with Gasteiger partial charge in [0.25, 0.3) is 0 Å². The summed E-state index contributed by atoms with van der Waals surface area (Å²) in [5, 5.41) is 0. The van der Waals surface area contributed by atoms with Crippen LogP contribution in [0.4, 0.5) is 5.69 Å². The van der Waals surface area contributed by atoms with Crippen molar-refractivity contribution in [2.45, 2.75) is 32.2 Å². The Hall–Kier alpha value is -1.22. The molecule has 3 heteroatoms. The van der Waals surface area contributed by atoms with Crippen LogP contribution < -0.4 is 10.5 Å². The van der Waals surface area contributed by atoms with Crippen LogP contribution in [0.15, 0.2) is 24.3 Å². The molecule has 0 amide bonds. The highest BCUT2D eigenvalue weighted by Crippen LogP contribution is 2.27. The maximum absolute atomic E-state index is 5.83. The molecule has 17 heavy (non-hydrogen) atoms. The second-order valence-corrected chi connectivity index (χ2v) is 4.65. The van der Waals surface area contributed by atoms with Gasteiger partial charge in [-0.15, -0.1) is 0 Å². The van der Waals surface area contributed by atoms with Gasteiger partial charge in [-0.25, -0.2) is 0 Å². The number of ether oxygens (including phenoxy) is 1. The Kier molecular flexibility index (Phi) is 4.26. The topological polar surface area (TPSA) is 38.5 Å². The van der Waals surface area contributed by atoms with E-state index in [2.05, 4.69) is 11.8 Å². The number of rotatable bonds is 7. The molecule has 2 rings (SSSR count). The van der Waals surface area contributed by atoms with Crippen LogP contribution in [0.2, 0.25) is 0 Å². The van der Waals surface area contributed by atoms with Crippen LogP contribution in [0.3, 0.4) is 0 Å². The summed E-state index contributed by atoms with van der Waals surface area (Å²) in [4.78, 5) is 2.53. The highest BCUT2D eigenvalue weighted by atomic mass is 16.5. The molecule has 0 unspecified atom stereocenters. The highest BCUT2D eigenvalue weighted by molar-refractivity contribution is 5.51. The van der Waals surface area contributed by atoms with Gasteiger partial charge in [-0.1, -0.05) is 19.1 Å². The monoisotopic (exact) mass is 234 g/mol. The van der Waals surface area contributed by atoms with E-state index in [0.29, 0.717) is 0 Å². The summed E-state index contributed by atoms with van der Waals surface area (Å²) in [6.45, 7) is 5.14. The largest absolute Gasteiger partial charge is 0.490 e. The lowest BCUT2D eigenvalue weighted by Gasteiger charge is -2.21. The summed E-state index contributed by atoms with van der Waals surface area (Å²) in [5.41, 5.74) is 6.55. The number of nitrogen functional groups attached to an aromatic ring is 1. The van der Waals surface area contributed by atoms with E-state index in [1.165, 1.54) is 25.8 Å². The highest BCUT2D eigenvalue weighted by Gasteiger charge is 2.27. The number of benzene rings is 1. The number of para-hydroxylation sites is 2. The molecule has 0 atom stereocenters. The van der Waals surface area contributed by atoms with Crippen molar-refractivity contribution in [3.05, 3.63) is 24.3 Å². The maximum Gasteiger partial charge on any atom is 0.142 e. The normalized spacial score (nSPS) is 15.2. The van der Waals surface area contributed by atoms with Gasteiger partial charge >= 0.3 is 0 Å². The third-order valence-corrected chi connectivity index (χ3v) is 3.13. The van der Waals surface area contributed by atoms with Gasteiger partial charge < -0.3 is 10.5 Å². The SMILES string of the molecule is CCCN(CCOc1ccccc1N)C1CC1. The van der Waals surface area contributed by atoms with Gasteiger partial charge in [-0.3, -0.25) is 4.90 Å². The fourth-order valence-electron chi connectivity index (χ4n) is 2.09. The van der Waals surface area contributed by atoms with E-state index < -0.39 is 0 Å². The molecule has 1 fully saturated rings. The van der Waals surface area contributed by atoms with E-state index in [1.807, 2.05) is 24.3 Å². The first-order valence-corrected chi connectivity index (χ1v) is 6.52. The average molecular weight is 234 g/mol. The minimum Gasteiger partial charge on any atom is -0.490 e. The molecule has 0 radical (unpaired) electrons. The van der Waals surface area contributed by atoms with E-state index in [4.69, 9.17) is 10.5 Å². The van der Waals surface area contributed by atoms with Gasteiger partial charge in [0.05, 0.1) is 5.69 Å². The van der Waals surface area contributed by atoms with E-state index in [0.717, 1.165) is 30.6 Å². The summed E-state index contributed by atoms with van der Waals surface area (Å²) >= 11 is 0. The molecule has 1 aromatic rings. The number of nitrogens with two attached hydrogens (primary N) is 1. The molecular formula is C14H22N2O. The number of nitrogens with zero attached hydrogens (tertiary/aromatic N) is 1. The summed E-state index contributed by atoms with van der Waals surface area (Å²) in [6, 6.07) is 8.50. The Balaban J connectivity index is 1.76. The lowest BCUT2D eigenvalue weighted by atomic mass is 10.3. The van der Waals surface area contributed by atoms with Gasteiger partial charge in [0.2, 0.25) is 0 Å². The quantitative estimate of drug-likeness (QED) is 0.737. The van der Waals surface area contributed by atoms with Crippen molar-refractivity contribution in [2.24, 2.45) is 0 Å². The van der Waals surface area contributed by atoms with E-state index in [1.54, 1.807) is 0 Å². The molecular weight excluding hydrogens is 212 g/mol. The molecule has 0 saturated heterocycles. The zero-order chi connectivity index (χ0) is 12.1. The first-order chi connectivity index (χ1) is 8.31. The first kappa shape index (κ1) is 12.2. The second kappa shape index (κ2) is 5.92.